The van der Waals surface area contributed by atoms with Crippen LogP contribution in [0.4, 0.5) is 0 Å². The predicted octanol–water partition coefficient (Wildman–Crippen LogP) is 11.5. The van der Waals surface area contributed by atoms with Crippen molar-refractivity contribution in [3.8, 4) is 0 Å². The van der Waals surface area contributed by atoms with E-state index in [1.807, 2.05) is 22.7 Å². The zero-order valence-electron chi connectivity index (χ0n) is 23.2. The second-order valence-electron chi connectivity index (χ2n) is 11.5. The van der Waals surface area contributed by atoms with E-state index >= 15 is 0 Å². The molecule has 0 spiro atoms. The predicted molar refractivity (Wildman–Crippen MR) is 163 cm³/mol. The van der Waals surface area contributed by atoms with E-state index in [2.05, 4.69) is 98.8 Å². The van der Waals surface area contributed by atoms with Crippen molar-refractivity contribution in [2.75, 3.05) is 0 Å². The molecule has 0 nitrogen and oxygen atoms in total. The van der Waals surface area contributed by atoms with Gasteiger partial charge in [0.1, 0.15) is 0 Å². The molecule has 5 rings (SSSR count). The van der Waals surface area contributed by atoms with Crippen LogP contribution in [0.5, 0.6) is 0 Å². The van der Waals surface area contributed by atoms with Crippen LogP contribution < -0.4 is 0 Å². The van der Waals surface area contributed by atoms with E-state index < -0.39 is 0 Å². The summed E-state index contributed by atoms with van der Waals surface area (Å²) in [6, 6.07) is 5.02. The second-order valence-corrected chi connectivity index (χ2v) is 13.7. The van der Waals surface area contributed by atoms with Gasteiger partial charge in [-0.3, -0.25) is 0 Å². The van der Waals surface area contributed by atoms with Crippen LogP contribution in [0.15, 0.2) is 47.6 Å². The molecule has 0 N–H and O–H groups in total. The standard InChI is InChI=1S/C30H34S2.C3H8/c1-8-22-15-23-26(20-10-9-18(4)13-20)29-24(16-25(32-29)30(5,6)7)27(28(23)31-22)21-12-11-19(14-21)17(2)3;1-3-2/h9-12,15-17H,8,13-14H2,1-7H3;3H2,1-2H3. The third kappa shape index (κ3) is 5.02. The van der Waals surface area contributed by atoms with Crippen LogP contribution in [0, 0.1) is 5.92 Å². The molecule has 186 valence electrons. The summed E-state index contributed by atoms with van der Waals surface area (Å²) in [5, 5.41) is 2.95. The fraction of sp³-hybridized carbons (Fsp3) is 0.455. The third-order valence-electron chi connectivity index (χ3n) is 6.91. The second kappa shape index (κ2) is 10.2. The molecule has 2 aliphatic rings. The third-order valence-corrected chi connectivity index (χ3v) is 9.79. The highest BCUT2D eigenvalue weighted by Crippen LogP contribution is 2.51. The Morgan fingerprint density at radius 2 is 1.37 bits per heavy atom. The van der Waals surface area contributed by atoms with Gasteiger partial charge in [-0.15, -0.1) is 22.7 Å². The Kier molecular flexibility index (Phi) is 7.65. The van der Waals surface area contributed by atoms with Gasteiger partial charge in [0.25, 0.3) is 0 Å². The zero-order valence-corrected chi connectivity index (χ0v) is 24.8. The first-order valence-corrected chi connectivity index (χ1v) is 15.0. The van der Waals surface area contributed by atoms with E-state index in [0.717, 1.165) is 19.3 Å². The Labute approximate surface area is 221 Å². The molecule has 2 aliphatic carbocycles. The fourth-order valence-corrected chi connectivity index (χ4v) is 7.46. The summed E-state index contributed by atoms with van der Waals surface area (Å²) < 4.78 is 2.99. The van der Waals surface area contributed by atoms with Crippen molar-refractivity contribution in [3.63, 3.8) is 0 Å². The summed E-state index contributed by atoms with van der Waals surface area (Å²) in [4.78, 5) is 2.98. The molecule has 35 heavy (non-hydrogen) atoms. The molecule has 0 radical (unpaired) electrons. The molecule has 3 aromatic rings. The van der Waals surface area contributed by atoms with Gasteiger partial charge in [-0.1, -0.05) is 97.3 Å². The van der Waals surface area contributed by atoms with Gasteiger partial charge in [0.15, 0.2) is 0 Å². The topological polar surface area (TPSA) is 0 Å². The maximum absolute atomic E-state index is 2.52. The first kappa shape index (κ1) is 26.2. The number of thiophene rings is 2. The van der Waals surface area contributed by atoms with Gasteiger partial charge in [-0.2, -0.15) is 0 Å². The molecule has 0 saturated carbocycles. The summed E-state index contributed by atoms with van der Waals surface area (Å²) in [6.45, 7) is 20.5. The smallest absolute Gasteiger partial charge is 0.0434 e. The van der Waals surface area contributed by atoms with Crippen molar-refractivity contribution < 1.29 is 0 Å². The molecule has 2 heteroatoms. The molecule has 0 saturated heterocycles. The highest BCUT2D eigenvalue weighted by molar-refractivity contribution is 7.21. The Morgan fingerprint density at radius 3 is 1.89 bits per heavy atom. The number of fused-ring (bicyclic) bond motifs is 2. The molecule has 0 atom stereocenters. The highest BCUT2D eigenvalue weighted by atomic mass is 32.1. The molecule has 0 amide bonds. The summed E-state index contributed by atoms with van der Waals surface area (Å²) in [7, 11) is 0. The number of benzene rings is 1. The van der Waals surface area contributed by atoms with Crippen LogP contribution in [-0.4, -0.2) is 0 Å². The molecule has 0 unspecified atom stereocenters. The highest BCUT2D eigenvalue weighted by Gasteiger charge is 2.27. The van der Waals surface area contributed by atoms with E-state index in [-0.39, 0.29) is 5.41 Å². The van der Waals surface area contributed by atoms with Gasteiger partial charge in [0.05, 0.1) is 0 Å². The lowest BCUT2D eigenvalue weighted by atomic mass is 9.89. The minimum atomic E-state index is 0.157. The van der Waals surface area contributed by atoms with Crippen LogP contribution in [0.2, 0.25) is 0 Å². The lowest BCUT2D eigenvalue weighted by Gasteiger charge is -2.15. The Balaban J connectivity index is 0.000000917. The number of hydrogen-bond acceptors (Lipinski definition) is 2. The number of rotatable bonds is 4. The molecule has 2 aromatic heterocycles. The maximum atomic E-state index is 2.52. The van der Waals surface area contributed by atoms with Crippen molar-refractivity contribution in [2.45, 2.75) is 93.4 Å². The van der Waals surface area contributed by atoms with Crippen LogP contribution in [0.1, 0.15) is 102 Å². The summed E-state index contributed by atoms with van der Waals surface area (Å²) >= 11 is 4.05. The van der Waals surface area contributed by atoms with E-state index in [4.69, 9.17) is 0 Å². The molecule has 0 fully saturated rings. The fourth-order valence-electron chi connectivity index (χ4n) is 4.95. The molecule has 2 heterocycles. The van der Waals surface area contributed by atoms with Crippen LogP contribution in [0.3, 0.4) is 0 Å². The van der Waals surface area contributed by atoms with E-state index in [1.54, 1.807) is 5.57 Å². The Morgan fingerprint density at radius 1 is 0.800 bits per heavy atom. The van der Waals surface area contributed by atoms with E-state index in [1.165, 1.54) is 64.2 Å². The van der Waals surface area contributed by atoms with E-state index in [0.29, 0.717) is 5.92 Å². The first-order chi connectivity index (χ1) is 16.6. The van der Waals surface area contributed by atoms with Crippen molar-refractivity contribution in [3.05, 3.63) is 68.5 Å². The zero-order chi connectivity index (χ0) is 25.5. The largest absolute Gasteiger partial charge is 0.140 e. The molecular formula is C33H42S2. The molecular weight excluding hydrogens is 460 g/mol. The maximum Gasteiger partial charge on any atom is 0.0434 e. The lowest BCUT2D eigenvalue weighted by molar-refractivity contribution is 0.604. The lowest BCUT2D eigenvalue weighted by Crippen LogP contribution is -2.07. The Bertz CT molecular complexity index is 1370. The SMILES string of the molecule is CCC.CCc1cc2c(C3=CC=C(C)C3)c3sc(C(C)(C)C)cc3c(C3=CC=C(C(C)C)C3)c2s1. The molecule has 0 bridgehead atoms. The number of aryl methyl sites for hydroxylation is 1. The van der Waals surface area contributed by atoms with E-state index in [9.17, 15) is 0 Å². The Hall–Kier alpha value is -1.90. The number of allylic oxidation sites excluding steroid dienone is 8. The summed E-state index contributed by atoms with van der Waals surface area (Å²) in [6.07, 6.45) is 14.0. The van der Waals surface area contributed by atoms with Crippen molar-refractivity contribution >= 4 is 54.0 Å². The minimum Gasteiger partial charge on any atom is -0.140 e. The van der Waals surface area contributed by atoms with Crippen molar-refractivity contribution in [1.82, 2.24) is 0 Å². The van der Waals surface area contributed by atoms with Gasteiger partial charge in [-0.05, 0) is 60.8 Å². The average Bonchev–Trinajstić information content (AvgIpc) is 3.57. The van der Waals surface area contributed by atoms with Crippen molar-refractivity contribution in [2.24, 2.45) is 5.92 Å². The van der Waals surface area contributed by atoms with Gasteiger partial charge >= 0.3 is 0 Å². The first-order valence-electron chi connectivity index (χ1n) is 13.4. The molecule has 0 aliphatic heterocycles. The molecule has 1 aromatic carbocycles. The van der Waals surface area contributed by atoms with Crippen molar-refractivity contribution in [1.29, 1.82) is 0 Å². The minimum absolute atomic E-state index is 0.157. The number of hydrogen-bond donors (Lipinski definition) is 0. The monoisotopic (exact) mass is 502 g/mol. The summed E-state index contributed by atoms with van der Waals surface area (Å²) in [5.41, 5.74) is 9.19. The van der Waals surface area contributed by atoms with Gasteiger partial charge in [0, 0.05) is 41.1 Å². The average molecular weight is 503 g/mol. The van der Waals surface area contributed by atoms with Crippen LogP contribution in [0.25, 0.3) is 31.3 Å². The van der Waals surface area contributed by atoms with Crippen LogP contribution in [-0.2, 0) is 11.8 Å². The quantitative estimate of drug-likeness (QED) is 0.333. The summed E-state index contributed by atoms with van der Waals surface area (Å²) in [5.74, 6) is 0.605. The van der Waals surface area contributed by atoms with Gasteiger partial charge < -0.3 is 0 Å². The van der Waals surface area contributed by atoms with Gasteiger partial charge in [0.2, 0.25) is 0 Å². The van der Waals surface area contributed by atoms with Crippen LogP contribution >= 0.6 is 22.7 Å². The normalized spacial score (nSPS) is 15.9. The van der Waals surface area contributed by atoms with Gasteiger partial charge in [-0.25, -0.2) is 0 Å².